The lowest BCUT2D eigenvalue weighted by Crippen LogP contribution is -2.55. The van der Waals surface area contributed by atoms with Crippen LogP contribution in [0, 0.1) is 5.92 Å². The zero-order chi connectivity index (χ0) is 51.0. The van der Waals surface area contributed by atoms with Gasteiger partial charge in [-0.05, 0) is 78.3 Å². The molecule has 384 valence electrons. The minimum atomic E-state index is -6.39. The standard InChI is InChI=1S/C20H22ClN3.C17H11ClF7N3.C16H16ClN3.H2O/c21-18-12-19-17(11-16(18)15-9-5-2-6-10-15)20(24-23-19)22-13-14-7-3-1-4-8-14;18-12-7-13-11(6-10(12)9-4-2-1-3-5-9)14(28-27-13)26-8-15(19,20)16(21,22)17(23,24)25;1-2-8-18-16-13-9-12(11-6-4-3-5-7-11)14(17)10-15(13)19-20-16;/h2,5-6,9-12,14H,1,3-4,7-8,13H2,(H2,22,23,24);1-7H,8H2,(H2,26,27,28);3-7,9-10H,2,8H2,1H3,(H2,18,19,20);1H2. The molecule has 0 unspecified atom stereocenters. The number of aromatic amines is 3. The number of fused-ring (bicyclic) bond motifs is 3. The first-order valence-corrected chi connectivity index (χ1v) is 24.4. The largest absolute Gasteiger partial charge is 0.459 e. The Bertz CT molecular complexity index is 3220. The summed E-state index contributed by atoms with van der Waals surface area (Å²) in [6.45, 7) is 2.07. The summed E-state index contributed by atoms with van der Waals surface area (Å²) < 4.78 is 89.8. The van der Waals surface area contributed by atoms with Crippen molar-refractivity contribution in [2.24, 2.45) is 5.92 Å². The molecule has 8 N–H and O–H groups in total. The van der Waals surface area contributed by atoms with Gasteiger partial charge in [0.2, 0.25) is 0 Å². The number of hydrogen-bond donors (Lipinski definition) is 6. The molecule has 10 nitrogen and oxygen atoms in total. The van der Waals surface area contributed by atoms with Crippen molar-refractivity contribution < 1.29 is 36.2 Å². The maximum absolute atomic E-state index is 13.5. The highest BCUT2D eigenvalue weighted by Crippen LogP contribution is 2.47. The topological polar surface area (TPSA) is 154 Å². The summed E-state index contributed by atoms with van der Waals surface area (Å²) in [5.41, 5.74) is 7.73. The molecule has 3 heterocycles. The van der Waals surface area contributed by atoms with Crippen molar-refractivity contribution in [1.29, 1.82) is 0 Å². The number of alkyl halides is 7. The fraction of sp³-hybridized carbons (Fsp3) is 0.264. The van der Waals surface area contributed by atoms with Gasteiger partial charge in [0.05, 0.1) is 38.2 Å². The quantitative estimate of drug-likeness (QED) is 0.0632. The third kappa shape index (κ3) is 12.5. The molecular weight excluding hydrogens is 1020 g/mol. The van der Waals surface area contributed by atoms with Crippen molar-refractivity contribution in [2.75, 3.05) is 35.6 Å². The van der Waals surface area contributed by atoms with Gasteiger partial charge < -0.3 is 21.4 Å². The van der Waals surface area contributed by atoms with Crippen LogP contribution in [0.1, 0.15) is 45.4 Å². The van der Waals surface area contributed by atoms with Gasteiger partial charge in [-0.25, -0.2) is 0 Å². The number of nitrogens with one attached hydrogen (secondary N) is 6. The van der Waals surface area contributed by atoms with E-state index in [1.54, 1.807) is 30.3 Å². The predicted molar refractivity (Wildman–Crippen MR) is 282 cm³/mol. The van der Waals surface area contributed by atoms with Crippen LogP contribution in [0.15, 0.2) is 127 Å². The van der Waals surface area contributed by atoms with E-state index >= 15 is 0 Å². The van der Waals surface area contributed by atoms with Crippen LogP contribution < -0.4 is 16.0 Å². The maximum Gasteiger partial charge on any atom is 0.459 e. The lowest BCUT2D eigenvalue weighted by Gasteiger charge is -2.28. The number of H-pyrrole nitrogens is 3. The number of rotatable bonds is 13. The van der Waals surface area contributed by atoms with Crippen LogP contribution in [0.3, 0.4) is 0 Å². The predicted octanol–water partition coefficient (Wildman–Crippen LogP) is 15.9. The Morgan fingerprint density at radius 1 is 0.521 bits per heavy atom. The molecule has 1 fully saturated rings. The van der Waals surface area contributed by atoms with Gasteiger partial charge in [-0.3, -0.25) is 15.3 Å². The molecule has 0 radical (unpaired) electrons. The van der Waals surface area contributed by atoms with Crippen LogP contribution in [-0.2, 0) is 0 Å². The molecular formula is C53H51Cl3F7N9O. The van der Waals surface area contributed by atoms with E-state index < -0.39 is 24.6 Å². The number of benzene rings is 6. The van der Waals surface area contributed by atoms with Gasteiger partial charge in [-0.15, -0.1) is 0 Å². The zero-order valence-corrected chi connectivity index (χ0v) is 41.5. The molecule has 0 atom stereocenters. The highest BCUT2D eigenvalue weighted by Gasteiger charge is 2.72. The fourth-order valence-corrected chi connectivity index (χ4v) is 9.24. The average molecular weight is 1070 g/mol. The molecule has 20 heteroatoms. The number of aromatic nitrogens is 6. The van der Waals surface area contributed by atoms with Crippen molar-refractivity contribution >= 4 is 85.0 Å². The first-order valence-electron chi connectivity index (χ1n) is 23.3. The smallest absolute Gasteiger partial charge is 0.412 e. The highest BCUT2D eigenvalue weighted by molar-refractivity contribution is 6.35. The van der Waals surface area contributed by atoms with Gasteiger partial charge in [0.1, 0.15) is 0 Å². The van der Waals surface area contributed by atoms with Crippen molar-refractivity contribution in [1.82, 2.24) is 30.6 Å². The number of hydrogen-bond acceptors (Lipinski definition) is 6. The first-order chi connectivity index (χ1) is 34.5. The maximum atomic E-state index is 13.5. The monoisotopic (exact) mass is 1070 g/mol. The molecule has 0 amide bonds. The van der Waals surface area contributed by atoms with Crippen molar-refractivity contribution in [3.8, 4) is 33.4 Å². The summed E-state index contributed by atoms with van der Waals surface area (Å²) in [5, 5.41) is 33.9. The molecule has 1 aliphatic rings. The molecule has 73 heavy (non-hydrogen) atoms. The Morgan fingerprint density at radius 3 is 1.26 bits per heavy atom. The SMILES string of the molecule is CCCNc1n[nH]c2cc(Cl)c(-c3ccccc3)cc12.Clc1cc2[nH]nc(NCC3CCCCC3)c2cc1-c1ccccc1.FC(F)(F)C(F)(F)C(F)(F)CNc1n[nH]c2cc(Cl)c(-c3ccccc3)cc12.O. The number of nitrogens with zero attached hydrogens (tertiary/aromatic N) is 3. The van der Waals surface area contributed by atoms with Gasteiger partial charge >= 0.3 is 18.0 Å². The van der Waals surface area contributed by atoms with Crippen LogP contribution in [-0.4, -0.2) is 73.7 Å². The molecule has 0 aliphatic heterocycles. The van der Waals surface area contributed by atoms with E-state index in [9.17, 15) is 30.7 Å². The Morgan fingerprint density at radius 2 is 0.890 bits per heavy atom. The molecule has 10 rings (SSSR count). The van der Waals surface area contributed by atoms with Gasteiger partial charge in [-0.1, -0.05) is 152 Å². The van der Waals surface area contributed by atoms with Crippen LogP contribution in [0.4, 0.5) is 48.2 Å². The van der Waals surface area contributed by atoms with Crippen molar-refractivity contribution in [2.45, 2.75) is 63.5 Å². The Labute approximate surface area is 430 Å². The molecule has 0 spiro atoms. The van der Waals surface area contributed by atoms with E-state index in [1.807, 2.05) is 53.8 Å². The summed E-state index contributed by atoms with van der Waals surface area (Å²) >= 11 is 19.1. The summed E-state index contributed by atoms with van der Waals surface area (Å²) in [7, 11) is 0. The van der Waals surface area contributed by atoms with Crippen molar-refractivity contribution in [3.63, 3.8) is 0 Å². The van der Waals surface area contributed by atoms with E-state index in [0.29, 0.717) is 16.1 Å². The van der Waals surface area contributed by atoms with Gasteiger partial charge in [0, 0.05) is 45.9 Å². The molecule has 9 aromatic rings. The minimum absolute atomic E-state index is 0. The second-order valence-electron chi connectivity index (χ2n) is 17.4. The van der Waals surface area contributed by atoms with E-state index in [2.05, 4.69) is 84.5 Å². The molecule has 1 saturated carbocycles. The minimum Gasteiger partial charge on any atom is -0.412 e. The van der Waals surface area contributed by atoms with Gasteiger partial charge in [0.25, 0.3) is 0 Å². The number of anilines is 3. The Balaban J connectivity index is 0.000000161. The highest BCUT2D eigenvalue weighted by atomic mass is 35.5. The average Bonchev–Trinajstić information content (AvgIpc) is 4.10. The van der Waals surface area contributed by atoms with Crippen LogP contribution >= 0.6 is 34.8 Å². The second kappa shape index (κ2) is 23.6. The van der Waals surface area contributed by atoms with Gasteiger partial charge in [0.15, 0.2) is 17.5 Å². The lowest BCUT2D eigenvalue weighted by molar-refractivity contribution is -0.350. The van der Waals surface area contributed by atoms with Gasteiger partial charge in [-0.2, -0.15) is 46.0 Å². The second-order valence-corrected chi connectivity index (χ2v) is 18.6. The summed E-state index contributed by atoms with van der Waals surface area (Å²) in [5.74, 6) is -9.30. The van der Waals surface area contributed by atoms with Crippen molar-refractivity contribution in [3.05, 3.63) is 142 Å². The summed E-state index contributed by atoms with van der Waals surface area (Å²) in [4.78, 5) is 0. The molecule has 0 saturated heterocycles. The normalized spacial score (nSPS) is 13.2. The van der Waals surface area contributed by atoms with E-state index in [4.69, 9.17) is 34.8 Å². The molecule has 6 aromatic carbocycles. The Kier molecular flexibility index (Phi) is 17.5. The first kappa shape index (κ1) is 54.2. The third-order valence-electron chi connectivity index (χ3n) is 12.3. The third-order valence-corrected chi connectivity index (χ3v) is 13.3. The van der Waals surface area contributed by atoms with E-state index in [-0.39, 0.29) is 22.2 Å². The fourth-order valence-electron chi connectivity index (χ4n) is 8.42. The molecule has 1 aliphatic carbocycles. The van der Waals surface area contributed by atoms with E-state index in [1.165, 1.54) is 44.2 Å². The Hall–Kier alpha value is -6.53. The van der Waals surface area contributed by atoms with Crippen LogP contribution in [0.2, 0.25) is 15.1 Å². The van der Waals surface area contributed by atoms with Crippen LogP contribution in [0.5, 0.6) is 0 Å². The molecule has 3 aromatic heterocycles. The van der Waals surface area contributed by atoms with E-state index in [0.717, 1.165) is 91.2 Å². The molecule has 0 bridgehead atoms. The summed E-state index contributed by atoms with van der Waals surface area (Å²) in [6, 6.07) is 40.2. The number of halogens is 10. The van der Waals surface area contributed by atoms with Crippen LogP contribution in [0.25, 0.3) is 66.1 Å². The summed E-state index contributed by atoms with van der Waals surface area (Å²) in [6.07, 6.45) is 1.45. The zero-order valence-electron chi connectivity index (χ0n) is 39.2. The lowest BCUT2D eigenvalue weighted by atomic mass is 9.89.